The Morgan fingerprint density at radius 2 is 2.05 bits per heavy atom. The van der Waals surface area contributed by atoms with Gasteiger partial charge in [-0.05, 0) is 43.4 Å². The third-order valence-corrected chi connectivity index (χ3v) is 4.49. The molecule has 4 N–H and O–H groups in total. The van der Waals surface area contributed by atoms with E-state index in [-0.39, 0.29) is 6.04 Å². The monoisotopic (exact) mass is 276 g/mol. The standard InChI is InChI=1S/C14H20N4S/c1-9-6-4-5-7-11(9)8-12-17-13(19-18-12)14(3,16)10(2)15/h4-7,10H,8,15-16H2,1-3H3. The Labute approximate surface area is 118 Å². The van der Waals surface area contributed by atoms with Crippen LogP contribution in [0.25, 0.3) is 0 Å². The van der Waals surface area contributed by atoms with Crippen molar-refractivity contribution < 1.29 is 0 Å². The quantitative estimate of drug-likeness (QED) is 0.895. The van der Waals surface area contributed by atoms with Crippen LogP contribution in [-0.2, 0) is 12.0 Å². The predicted molar refractivity (Wildman–Crippen MR) is 79.1 cm³/mol. The van der Waals surface area contributed by atoms with Crippen LogP contribution < -0.4 is 11.5 Å². The highest BCUT2D eigenvalue weighted by molar-refractivity contribution is 7.05. The third-order valence-electron chi connectivity index (χ3n) is 3.48. The predicted octanol–water partition coefficient (Wildman–Crippen LogP) is 1.96. The van der Waals surface area contributed by atoms with Crippen LogP contribution in [0.15, 0.2) is 24.3 Å². The summed E-state index contributed by atoms with van der Waals surface area (Å²) in [5, 5.41) is 0.797. The van der Waals surface area contributed by atoms with Gasteiger partial charge in [-0.15, -0.1) is 0 Å². The fourth-order valence-electron chi connectivity index (χ4n) is 1.72. The minimum absolute atomic E-state index is 0.160. The van der Waals surface area contributed by atoms with Crippen LogP contribution in [0.5, 0.6) is 0 Å². The van der Waals surface area contributed by atoms with Crippen molar-refractivity contribution in [2.45, 2.75) is 38.8 Å². The van der Waals surface area contributed by atoms with Gasteiger partial charge in [0.15, 0.2) is 0 Å². The first-order valence-electron chi connectivity index (χ1n) is 6.33. The molecule has 0 amide bonds. The van der Waals surface area contributed by atoms with E-state index in [2.05, 4.69) is 28.4 Å². The van der Waals surface area contributed by atoms with Crippen molar-refractivity contribution in [3.63, 3.8) is 0 Å². The fraction of sp³-hybridized carbons (Fsp3) is 0.429. The van der Waals surface area contributed by atoms with Crippen LogP contribution in [0.4, 0.5) is 0 Å². The number of hydrogen-bond donors (Lipinski definition) is 2. The number of aryl methyl sites for hydroxylation is 1. The summed E-state index contributed by atoms with van der Waals surface area (Å²) in [5.41, 5.74) is 14.0. The molecule has 1 aromatic heterocycles. The topological polar surface area (TPSA) is 77.8 Å². The summed E-state index contributed by atoms with van der Waals surface area (Å²) in [5.74, 6) is 0.812. The molecular weight excluding hydrogens is 256 g/mol. The zero-order valence-electron chi connectivity index (χ0n) is 11.6. The van der Waals surface area contributed by atoms with E-state index in [0.717, 1.165) is 17.3 Å². The summed E-state index contributed by atoms with van der Waals surface area (Å²) in [6.45, 7) is 5.88. The molecule has 102 valence electrons. The van der Waals surface area contributed by atoms with Gasteiger partial charge in [-0.25, -0.2) is 4.98 Å². The summed E-state index contributed by atoms with van der Waals surface area (Å²) in [7, 11) is 0. The zero-order chi connectivity index (χ0) is 14.0. The average molecular weight is 276 g/mol. The van der Waals surface area contributed by atoms with Gasteiger partial charge in [-0.3, -0.25) is 0 Å². The van der Waals surface area contributed by atoms with Crippen molar-refractivity contribution in [3.8, 4) is 0 Å². The van der Waals surface area contributed by atoms with Crippen molar-refractivity contribution in [1.82, 2.24) is 9.36 Å². The van der Waals surface area contributed by atoms with E-state index in [4.69, 9.17) is 11.5 Å². The van der Waals surface area contributed by atoms with Gasteiger partial charge < -0.3 is 11.5 Å². The Bertz CT molecular complexity index is 560. The molecule has 0 fully saturated rings. The third kappa shape index (κ3) is 3.00. The number of hydrogen-bond acceptors (Lipinski definition) is 5. The minimum atomic E-state index is -0.623. The summed E-state index contributed by atoms with van der Waals surface area (Å²) < 4.78 is 4.40. The van der Waals surface area contributed by atoms with E-state index in [9.17, 15) is 0 Å². The normalized spacial score (nSPS) is 16.1. The van der Waals surface area contributed by atoms with E-state index < -0.39 is 5.54 Å². The van der Waals surface area contributed by atoms with Gasteiger partial charge in [0.1, 0.15) is 10.8 Å². The van der Waals surface area contributed by atoms with Gasteiger partial charge in [0.2, 0.25) is 0 Å². The molecule has 0 spiro atoms. The molecule has 0 aliphatic heterocycles. The van der Waals surface area contributed by atoms with E-state index >= 15 is 0 Å². The van der Waals surface area contributed by atoms with Crippen molar-refractivity contribution in [2.24, 2.45) is 11.5 Å². The molecule has 0 bridgehead atoms. The highest BCUT2D eigenvalue weighted by Gasteiger charge is 2.30. The van der Waals surface area contributed by atoms with E-state index in [1.54, 1.807) is 0 Å². The van der Waals surface area contributed by atoms with Gasteiger partial charge in [0, 0.05) is 12.5 Å². The first kappa shape index (κ1) is 14.1. The summed E-state index contributed by atoms with van der Waals surface area (Å²) >= 11 is 1.34. The largest absolute Gasteiger partial charge is 0.326 e. The highest BCUT2D eigenvalue weighted by atomic mass is 32.1. The Balaban J connectivity index is 2.21. The molecular formula is C14H20N4S. The second kappa shape index (κ2) is 5.36. The molecule has 1 heterocycles. The molecule has 2 atom stereocenters. The van der Waals surface area contributed by atoms with Gasteiger partial charge in [-0.1, -0.05) is 24.3 Å². The number of benzene rings is 1. The van der Waals surface area contributed by atoms with Crippen molar-refractivity contribution >= 4 is 11.5 Å². The van der Waals surface area contributed by atoms with Gasteiger partial charge in [0.05, 0.1) is 5.54 Å². The number of aromatic nitrogens is 2. The first-order chi connectivity index (χ1) is 8.91. The molecule has 5 heteroatoms. The number of nitrogens with two attached hydrogens (primary N) is 2. The molecule has 0 radical (unpaired) electrons. The molecule has 0 saturated heterocycles. The van der Waals surface area contributed by atoms with Crippen LogP contribution in [0.2, 0.25) is 0 Å². The van der Waals surface area contributed by atoms with E-state index in [0.29, 0.717) is 0 Å². The number of nitrogens with zero attached hydrogens (tertiary/aromatic N) is 2. The van der Waals surface area contributed by atoms with Gasteiger partial charge in [-0.2, -0.15) is 4.37 Å². The summed E-state index contributed by atoms with van der Waals surface area (Å²) in [4.78, 5) is 4.54. The molecule has 0 aliphatic rings. The molecule has 4 nitrogen and oxygen atoms in total. The van der Waals surface area contributed by atoms with Crippen LogP contribution in [-0.4, -0.2) is 15.4 Å². The van der Waals surface area contributed by atoms with Crippen molar-refractivity contribution in [3.05, 3.63) is 46.2 Å². The molecule has 19 heavy (non-hydrogen) atoms. The Morgan fingerprint density at radius 1 is 1.37 bits per heavy atom. The number of rotatable bonds is 4. The lowest BCUT2D eigenvalue weighted by Gasteiger charge is -2.25. The SMILES string of the molecule is Cc1ccccc1Cc1nsc(C(C)(N)C(C)N)n1. The van der Waals surface area contributed by atoms with E-state index in [1.807, 2.05) is 26.0 Å². The van der Waals surface area contributed by atoms with Crippen LogP contribution in [0.3, 0.4) is 0 Å². The van der Waals surface area contributed by atoms with Gasteiger partial charge in [0.25, 0.3) is 0 Å². The maximum atomic E-state index is 6.20. The second-order valence-corrected chi connectivity index (χ2v) is 5.94. The molecule has 2 unspecified atom stereocenters. The van der Waals surface area contributed by atoms with Gasteiger partial charge >= 0.3 is 0 Å². The van der Waals surface area contributed by atoms with Crippen LogP contribution in [0, 0.1) is 6.92 Å². The van der Waals surface area contributed by atoms with Crippen LogP contribution in [0.1, 0.15) is 35.8 Å². The zero-order valence-corrected chi connectivity index (χ0v) is 12.4. The Morgan fingerprint density at radius 3 is 2.68 bits per heavy atom. The molecule has 2 aromatic rings. The van der Waals surface area contributed by atoms with Crippen LogP contribution >= 0.6 is 11.5 Å². The minimum Gasteiger partial charge on any atom is -0.326 e. The Kier molecular flexibility index (Phi) is 3.99. The van der Waals surface area contributed by atoms with E-state index in [1.165, 1.54) is 22.7 Å². The lowest BCUT2D eigenvalue weighted by atomic mass is 9.96. The maximum absolute atomic E-state index is 6.20. The second-order valence-electron chi connectivity index (χ2n) is 5.19. The lowest BCUT2D eigenvalue weighted by Crippen LogP contribution is -2.48. The first-order valence-corrected chi connectivity index (χ1v) is 7.10. The molecule has 2 rings (SSSR count). The average Bonchev–Trinajstić information content (AvgIpc) is 2.81. The molecule has 1 aromatic carbocycles. The smallest absolute Gasteiger partial charge is 0.147 e. The maximum Gasteiger partial charge on any atom is 0.147 e. The van der Waals surface area contributed by atoms with Crippen molar-refractivity contribution in [1.29, 1.82) is 0 Å². The fourth-order valence-corrected chi connectivity index (χ4v) is 2.54. The van der Waals surface area contributed by atoms with Crippen molar-refractivity contribution in [2.75, 3.05) is 0 Å². The lowest BCUT2D eigenvalue weighted by molar-refractivity contribution is 0.407. The molecule has 0 aliphatic carbocycles. The summed E-state index contributed by atoms with van der Waals surface area (Å²) in [6, 6.07) is 8.10. The molecule has 0 saturated carbocycles. The summed E-state index contributed by atoms with van der Waals surface area (Å²) in [6.07, 6.45) is 0.734. The Hall–Kier alpha value is -1.30. The highest BCUT2D eigenvalue weighted by Crippen LogP contribution is 2.23.